The number of aromatic nitrogens is 1. The molecule has 1 unspecified atom stereocenters. The molecule has 3 atom stereocenters. The maximum atomic E-state index is 14.2. The highest BCUT2D eigenvalue weighted by Crippen LogP contribution is 2.33. The van der Waals surface area contributed by atoms with Gasteiger partial charge in [0.1, 0.15) is 0 Å². The van der Waals surface area contributed by atoms with Crippen molar-refractivity contribution in [2.45, 2.75) is 38.1 Å². The van der Waals surface area contributed by atoms with Crippen LogP contribution in [0.15, 0.2) is 66.9 Å². The number of hydrogen-bond donors (Lipinski definition) is 2. The summed E-state index contributed by atoms with van der Waals surface area (Å²) in [6.45, 7) is 2.03. The van der Waals surface area contributed by atoms with Crippen molar-refractivity contribution in [2.75, 3.05) is 5.32 Å². The number of rotatable bonds is 3. The summed E-state index contributed by atoms with van der Waals surface area (Å²) in [6.07, 6.45) is 3.03. The Kier molecular flexibility index (Phi) is 5.91. The first-order chi connectivity index (χ1) is 14.5. The summed E-state index contributed by atoms with van der Waals surface area (Å²) in [7, 11) is 0. The Labute approximate surface area is 176 Å². The summed E-state index contributed by atoms with van der Waals surface area (Å²) in [5.41, 5.74) is 10.8. The van der Waals surface area contributed by atoms with Gasteiger partial charge in [0.05, 0.1) is 0 Å². The van der Waals surface area contributed by atoms with Crippen molar-refractivity contribution in [3.05, 3.63) is 83.9 Å². The molecule has 4 nitrogen and oxygen atoms in total. The fourth-order valence-electron chi connectivity index (χ4n) is 4.34. The number of halogens is 1. The summed E-state index contributed by atoms with van der Waals surface area (Å²) in [4.78, 5) is 16.8. The van der Waals surface area contributed by atoms with E-state index < -0.39 is 5.95 Å². The third kappa shape index (κ3) is 4.41. The monoisotopic (exact) mass is 403 g/mol. The summed E-state index contributed by atoms with van der Waals surface area (Å²) >= 11 is 0. The molecular formula is C25H26FN3O. The molecule has 5 heteroatoms. The number of carbonyl (C=O) groups is 1. The lowest BCUT2D eigenvalue weighted by Crippen LogP contribution is -2.35. The van der Waals surface area contributed by atoms with Gasteiger partial charge in [0.25, 0.3) is 0 Å². The number of amides is 1. The van der Waals surface area contributed by atoms with Gasteiger partial charge in [-0.05, 0) is 60.1 Å². The number of benzene rings is 2. The first-order valence-corrected chi connectivity index (χ1v) is 10.4. The number of anilines is 1. The molecule has 1 amide bonds. The Morgan fingerprint density at radius 3 is 2.47 bits per heavy atom. The van der Waals surface area contributed by atoms with E-state index in [1.807, 2.05) is 55.5 Å². The largest absolute Gasteiger partial charge is 0.327 e. The number of hydrogen-bond acceptors (Lipinski definition) is 3. The summed E-state index contributed by atoms with van der Waals surface area (Å²) in [5, 5.41) is 3.03. The number of nitrogens with two attached hydrogens (primary N) is 1. The summed E-state index contributed by atoms with van der Waals surface area (Å²) in [5.74, 6) is -0.659. The van der Waals surface area contributed by atoms with Gasteiger partial charge in [-0.25, -0.2) is 4.98 Å². The van der Waals surface area contributed by atoms with Crippen molar-refractivity contribution < 1.29 is 9.18 Å². The van der Waals surface area contributed by atoms with Crippen molar-refractivity contribution in [1.82, 2.24) is 4.98 Å². The maximum absolute atomic E-state index is 14.2. The van der Waals surface area contributed by atoms with Crippen LogP contribution in [0, 0.1) is 11.9 Å². The van der Waals surface area contributed by atoms with Crippen molar-refractivity contribution in [2.24, 2.45) is 11.7 Å². The molecule has 0 aliphatic heterocycles. The van der Waals surface area contributed by atoms with Gasteiger partial charge < -0.3 is 11.1 Å². The SMILES string of the molecule is C[C@@H]1CC(C(=O)Nc2ccc(-c3ccccc3)cc2)C[C@H](N)Cc2c1ccnc2F. The topological polar surface area (TPSA) is 68.0 Å². The second-order valence-electron chi connectivity index (χ2n) is 8.14. The number of nitrogens with zero attached hydrogens (tertiary/aromatic N) is 1. The zero-order valence-corrected chi connectivity index (χ0v) is 17.0. The molecule has 3 aromatic rings. The van der Waals surface area contributed by atoms with Crippen molar-refractivity contribution in [3.8, 4) is 11.1 Å². The number of pyridine rings is 1. The molecule has 1 aliphatic rings. The minimum atomic E-state index is -0.448. The van der Waals surface area contributed by atoms with E-state index in [4.69, 9.17) is 5.73 Å². The number of fused-ring (bicyclic) bond motifs is 1. The Bertz CT molecular complexity index is 1020. The van der Waals surface area contributed by atoms with Crippen molar-refractivity contribution in [1.29, 1.82) is 0 Å². The van der Waals surface area contributed by atoms with Gasteiger partial charge in [-0.2, -0.15) is 4.39 Å². The van der Waals surface area contributed by atoms with Crippen molar-refractivity contribution in [3.63, 3.8) is 0 Å². The Morgan fingerprint density at radius 1 is 1.03 bits per heavy atom. The lowest BCUT2D eigenvalue weighted by atomic mass is 9.80. The van der Waals surface area contributed by atoms with Gasteiger partial charge in [0, 0.05) is 29.4 Å². The van der Waals surface area contributed by atoms with Crippen LogP contribution in [0.1, 0.15) is 36.8 Å². The zero-order chi connectivity index (χ0) is 21.1. The molecule has 0 bridgehead atoms. The van der Waals surface area contributed by atoms with E-state index in [1.54, 1.807) is 0 Å². The van der Waals surface area contributed by atoms with Crippen LogP contribution >= 0.6 is 0 Å². The quantitative estimate of drug-likeness (QED) is 0.611. The molecule has 30 heavy (non-hydrogen) atoms. The third-order valence-corrected chi connectivity index (χ3v) is 5.89. The van der Waals surface area contributed by atoms with E-state index in [1.165, 1.54) is 6.20 Å². The molecule has 0 spiro atoms. The number of carbonyl (C=O) groups excluding carboxylic acids is 1. The standard InChI is InChI=1S/C25H26FN3O/c1-16-13-19(14-20(27)15-23-22(16)11-12-28-24(23)26)25(30)29-21-9-7-18(8-10-21)17-5-3-2-4-6-17/h2-12,16,19-20H,13-15,27H2,1H3,(H,29,30)/t16-,19?,20+/m1/s1. The molecule has 1 aliphatic carbocycles. The van der Waals surface area contributed by atoms with E-state index in [9.17, 15) is 9.18 Å². The van der Waals surface area contributed by atoms with Crippen LogP contribution in [0.4, 0.5) is 10.1 Å². The average molecular weight is 404 g/mol. The Hall–Kier alpha value is -3.05. The van der Waals surface area contributed by atoms with Crippen LogP contribution < -0.4 is 11.1 Å². The predicted molar refractivity (Wildman–Crippen MR) is 118 cm³/mol. The fourth-order valence-corrected chi connectivity index (χ4v) is 4.34. The normalized spacial score (nSPS) is 21.2. The molecule has 154 valence electrons. The van der Waals surface area contributed by atoms with E-state index in [0.29, 0.717) is 24.8 Å². The lowest BCUT2D eigenvalue weighted by molar-refractivity contribution is -0.120. The Balaban J connectivity index is 1.48. The fraction of sp³-hybridized carbons (Fsp3) is 0.280. The second-order valence-corrected chi connectivity index (χ2v) is 8.14. The molecule has 3 N–H and O–H groups in total. The zero-order valence-electron chi connectivity index (χ0n) is 17.0. The van der Waals surface area contributed by atoms with Crippen LogP contribution in [0.5, 0.6) is 0 Å². The highest BCUT2D eigenvalue weighted by molar-refractivity contribution is 5.93. The Morgan fingerprint density at radius 2 is 1.73 bits per heavy atom. The van der Waals surface area contributed by atoms with Gasteiger partial charge in [-0.15, -0.1) is 0 Å². The summed E-state index contributed by atoms with van der Waals surface area (Å²) < 4.78 is 14.2. The van der Waals surface area contributed by atoms with Crippen molar-refractivity contribution >= 4 is 11.6 Å². The molecule has 0 fully saturated rings. The molecular weight excluding hydrogens is 377 g/mol. The van der Waals surface area contributed by atoms with E-state index in [0.717, 1.165) is 22.4 Å². The average Bonchev–Trinajstić information content (AvgIpc) is 2.74. The third-order valence-electron chi connectivity index (χ3n) is 5.89. The van der Waals surface area contributed by atoms with E-state index in [-0.39, 0.29) is 23.8 Å². The second kappa shape index (κ2) is 8.76. The molecule has 0 radical (unpaired) electrons. The molecule has 2 aromatic carbocycles. The van der Waals surface area contributed by atoms with Crippen LogP contribution in [-0.2, 0) is 11.2 Å². The molecule has 1 heterocycles. The van der Waals surface area contributed by atoms with Gasteiger partial charge in [0.2, 0.25) is 11.9 Å². The lowest BCUT2D eigenvalue weighted by Gasteiger charge is -2.28. The number of nitrogens with one attached hydrogen (secondary N) is 1. The molecule has 1 aromatic heterocycles. The highest BCUT2D eigenvalue weighted by atomic mass is 19.1. The van der Waals surface area contributed by atoms with Gasteiger partial charge in [-0.1, -0.05) is 49.4 Å². The van der Waals surface area contributed by atoms with Crippen LogP contribution in [-0.4, -0.2) is 16.9 Å². The maximum Gasteiger partial charge on any atom is 0.227 e. The molecule has 0 saturated heterocycles. The highest BCUT2D eigenvalue weighted by Gasteiger charge is 2.29. The smallest absolute Gasteiger partial charge is 0.227 e. The van der Waals surface area contributed by atoms with E-state index >= 15 is 0 Å². The first kappa shape index (κ1) is 20.2. The minimum Gasteiger partial charge on any atom is -0.327 e. The van der Waals surface area contributed by atoms with E-state index in [2.05, 4.69) is 22.4 Å². The van der Waals surface area contributed by atoms with Crippen LogP contribution in [0.25, 0.3) is 11.1 Å². The van der Waals surface area contributed by atoms with Gasteiger partial charge >= 0.3 is 0 Å². The van der Waals surface area contributed by atoms with Crippen LogP contribution in [0.2, 0.25) is 0 Å². The minimum absolute atomic E-state index is 0.0391. The summed E-state index contributed by atoms with van der Waals surface area (Å²) in [6, 6.07) is 19.5. The predicted octanol–water partition coefficient (Wildman–Crippen LogP) is 4.91. The van der Waals surface area contributed by atoms with Gasteiger partial charge in [0.15, 0.2) is 0 Å². The molecule has 0 saturated carbocycles. The van der Waals surface area contributed by atoms with Crippen LogP contribution in [0.3, 0.4) is 0 Å². The van der Waals surface area contributed by atoms with Gasteiger partial charge in [-0.3, -0.25) is 4.79 Å². The first-order valence-electron chi connectivity index (χ1n) is 10.4. The molecule has 4 rings (SSSR count).